The molecule has 0 aromatic heterocycles. The summed E-state index contributed by atoms with van der Waals surface area (Å²) in [7, 11) is 0. The van der Waals surface area contributed by atoms with Crippen LogP contribution in [0.15, 0.2) is 12.1 Å². The van der Waals surface area contributed by atoms with E-state index in [0.717, 1.165) is 18.6 Å². The summed E-state index contributed by atoms with van der Waals surface area (Å²) < 4.78 is 27.1. The maximum atomic E-state index is 13.7. The summed E-state index contributed by atoms with van der Waals surface area (Å²) in [5.41, 5.74) is -0.300. The van der Waals surface area contributed by atoms with Gasteiger partial charge in [0.25, 0.3) is 5.91 Å². The van der Waals surface area contributed by atoms with E-state index in [1.807, 2.05) is 6.92 Å². The van der Waals surface area contributed by atoms with Crippen molar-refractivity contribution in [2.24, 2.45) is 5.92 Å². The number of likely N-dealkylation sites (tertiary alicyclic amines) is 1. The average molecular weight is 308 g/mol. The molecule has 0 N–H and O–H groups in total. The highest BCUT2D eigenvalue weighted by Crippen LogP contribution is 2.28. The normalized spacial score (nSPS) is 22.9. The molecule has 1 aromatic rings. The van der Waals surface area contributed by atoms with Crippen LogP contribution in [0.3, 0.4) is 0 Å². The summed E-state index contributed by atoms with van der Waals surface area (Å²) >= 11 is 11.3. The Hall–Kier alpha value is -0.870. The van der Waals surface area contributed by atoms with Gasteiger partial charge in [0.05, 0.1) is 10.6 Å². The average Bonchev–Trinajstić information content (AvgIpc) is 2.74. The van der Waals surface area contributed by atoms with E-state index in [2.05, 4.69) is 0 Å². The minimum Gasteiger partial charge on any atom is -0.334 e. The van der Waals surface area contributed by atoms with Crippen LogP contribution in [-0.4, -0.2) is 29.3 Å². The quantitative estimate of drug-likeness (QED) is 0.602. The van der Waals surface area contributed by atoms with E-state index >= 15 is 0 Å². The maximum absolute atomic E-state index is 13.7. The molecule has 2 rings (SSSR count). The van der Waals surface area contributed by atoms with Gasteiger partial charge in [-0.25, -0.2) is 8.78 Å². The molecule has 6 heteroatoms. The molecule has 104 valence electrons. The van der Waals surface area contributed by atoms with E-state index in [0.29, 0.717) is 6.54 Å². The van der Waals surface area contributed by atoms with Gasteiger partial charge in [0.15, 0.2) is 0 Å². The fourth-order valence-corrected chi connectivity index (χ4v) is 2.96. The third-order valence-electron chi connectivity index (χ3n) is 3.54. The third-order valence-corrected chi connectivity index (χ3v) is 4.15. The lowest BCUT2D eigenvalue weighted by Gasteiger charge is -2.25. The van der Waals surface area contributed by atoms with Crippen LogP contribution in [0.4, 0.5) is 8.78 Å². The number of nitrogens with zero attached hydrogens (tertiary/aromatic N) is 1. The van der Waals surface area contributed by atoms with Gasteiger partial charge in [0.1, 0.15) is 11.6 Å². The molecule has 1 aliphatic heterocycles. The second-order valence-corrected chi connectivity index (χ2v) is 5.45. The number of alkyl halides is 1. The fourth-order valence-electron chi connectivity index (χ4n) is 2.34. The minimum atomic E-state index is -0.815. The first-order valence-electron chi connectivity index (χ1n) is 5.97. The summed E-state index contributed by atoms with van der Waals surface area (Å²) in [5, 5.41) is -0.335. The van der Waals surface area contributed by atoms with Crippen LogP contribution in [0.1, 0.15) is 23.7 Å². The molecule has 1 amide bonds. The van der Waals surface area contributed by atoms with Crippen LogP contribution in [0, 0.1) is 17.6 Å². The molecule has 0 aliphatic carbocycles. The molecule has 1 saturated heterocycles. The number of rotatable bonds is 2. The number of hydrogen-bond donors (Lipinski definition) is 0. The van der Waals surface area contributed by atoms with Crippen molar-refractivity contribution >= 4 is 29.1 Å². The minimum absolute atomic E-state index is 0.146. The van der Waals surface area contributed by atoms with Gasteiger partial charge in [-0.3, -0.25) is 4.79 Å². The largest absolute Gasteiger partial charge is 0.334 e. The summed E-state index contributed by atoms with van der Waals surface area (Å²) in [6, 6.07) is 1.51. The molecule has 2 unspecified atom stereocenters. The zero-order chi connectivity index (χ0) is 14.2. The van der Waals surface area contributed by atoms with E-state index in [9.17, 15) is 13.6 Å². The second-order valence-electron chi connectivity index (χ2n) is 4.73. The third kappa shape index (κ3) is 2.70. The fraction of sp³-hybridized carbons (Fsp3) is 0.462. The van der Waals surface area contributed by atoms with Gasteiger partial charge in [-0.15, -0.1) is 11.6 Å². The summed E-state index contributed by atoms with van der Waals surface area (Å²) in [4.78, 5) is 13.8. The Morgan fingerprint density at radius 2 is 2.11 bits per heavy atom. The lowest BCUT2D eigenvalue weighted by atomic mass is 10.0. The second kappa shape index (κ2) is 5.63. The molecule has 0 radical (unpaired) electrons. The molecule has 0 saturated carbocycles. The van der Waals surface area contributed by atoms with E-state index < -0.39 is 17.5 Å². The van der Waals surface area contributed by atoms with Gasteiger partial charge in [0.2, 0.25) is 0 Å². The first-order chi connectivity index (χ1) is 8.95. The zero-order valence-corrected chi connectivity index (χ0v) is 11.8. The van der Waals surface area contributed by atoms with Gasteiger partial charge in [-0.2, -0.15) is 0 Å². The molecule has 0 bridgehead atoms. The highest BCUT2D eigenvalue weighted by molar-refractivity contribution is 6.30. The number of benzene rings is 1. The van der Waals surface area contributed by atoms with Crippen molar-refractivity contribution in [3.05, 3.63) is 34.4 Å². The topological polar surface area (TPSA) is 20.3 Å². The van der Waals surface area contributed by atoms with Crippen LogP contribution >= 0.6 is 23.2 Å². The molecule has 1 heterocycles. The van der Waals surface area contributed by atoms with E-state index in [1.54, 1.807) is 0 Å². The highest BCUT2D eigenvalue weighted by atomic mass is 35.5. The number of halogens is 4. The van der Waals surface area contributed by atoms with E-state index in [4.69, 9.17) is 23.2 Å². The van der Waals surface area contributed by atoms with Crippen molar-refractivity contribution in [3.63, 3.8) is 0 Å². The van der Waals surface area contributed by atoms with Crippen molar-refractivity contribution < 1.29 is 13.6 Å². The number of carbonyl (C=O) groups excluding carboxylic acids is 1. The van der Waals surface area contributed by atoms with Crippen LogP contribution < -0.4 is 0 Å². The smallest absolute Gasteiger partial charge is 0.257 e. The predicted octanol–water partition coefficient (Wildman–Crippen LogP) is 3.71. The Kier molecular flexibility index (Phi) is 4.31. The van der Waals surface area contributed by atoms with E-state index in [1.165, 1.54) is 4.90 Å². The van der Waals surface area contributed by atoms with Crippen LogP contribution in [-0.2, 0) is 0 Å². The number of carbonyl (C=O) groups is 1. The molecule has 19 heavy (non-hydrogen) atoms. The van der Waals surface area contributed by atoms with Crippen molar-refractivity contribution in [3.8, 4) is 0 Å². The number of hydrogen-bond acceptors (Lipinski definition) is 1. The highest BCUT2D eigenvalue weighted by Gasteiger charge is 2.35. The van der Waals surface area contributed by atoms with Gasteiger partial charge >= 0.3 is 0 Å². The maximum Gasteiger partial charge on any atom is 0.257 e. The molecule has 1 aromatic carbocycles. The van der Waals surface area contributed by atoms with Crippen molar-refractivity contribution in [1.29, 1.82) is 0 Å². The zero-order valence-electron chi connectivity index (χ0n) is 10.3. The standard InChI is InChI=1S/C13H13Cl2F2NO/c1-7-2-3-18(12(7)6-14)13(19)8-4-11(17)9(15)5-10(8)16/h4-5,7,12H,2-3,6H2,1H3. The van der Waals surface area contributed by atoms with Crippen molar-refractivity contribution in [2.75, 3.05) is 12.4 Å². The first kappa shape index (κ1) is 14.5. The van der Waals surface area contributed by atoms with Crippen LogP contribution in [0.5, 0.6) is 0 Å². The molecule has 1 aliphatic rings. The van der Waals surface area contributed by atoms with Gasteiger partial charge in [0, 0.05) is 18.5 Å². The Bertz CT molecular complexity index is 510. The molecule has 1 fully saturated rings. The molecular weight excluding hydrogens is 295 g/mol. The summed E-state index contributed by atoms with van der Waals surface area (Å²) in [6.07, 6.45) is 0.806. The number of amides is 1. The first-order valence-corrected chi connectivity index (χ1v) is 6.88. The Morgan fingerprint density at radius 3 is 2.74 bits per heavy atom. The molecule has 0 spiro atoms. The van der Waals surface area contributed by atoms with Crippen LogP contribution in [0.2, 0.25) is 5.02 Å². The molecule has 2 nitrogen and oxygen atoms in total. The van der Waals surface area contributed by atoms with Gasteiger partial charge in [-0.1, -0.05) is 18.5 Å². The lowest BCUT2D eigenvalue weighted by molar-refractivity contribution is 0.0731. The van der Waals surface area contributed by atoms with Gasteiger partial charge in [-0.05, 0) is 24.5 Å². The van der Waals surface area contributed by atoms with Gasteiger partial charge < -0.3 is 4.90 Å². The monoisotopic (exact) mass is 307 g/mol. The molecule has 2 atom stereocenters. The summed E-state index contributed by atoms with van der Waals surface area (Å²) in [6.45, 7) is 2.49. The Morgan fingerprint density at radius 1 is 1.42 bits per heavy atom. The van der Waals surface area contributed by atoms with Crippen molar-refractivity contribution in [1.82, 2.24) is 4.90 Å². The predicted molar refractivity (Wildman–Crippen MR) is 70.7 cm³/mol. The van der Waals surface area contributed by atoms with Crippen LogP contribution in [0.25, 0.3) is 0 Å². The molecular formula is C13H13Cl2F2NO. The van der Waals surface area contributed by atoms with Crippen molar-refractivity contribution in [2.45, 2.75) is 19.4 Å². The SMILES string of the molecule is CC1CCN(C(=O)c2cc(F)c(Cl)cc2F)C1CCl. The summed E-state index contributed by atoms with van der Waals surface area (Å²) in [5.74, 6) is -1.62. The Labute approximate surface area is 120 Å². The Balaban J connectivity index is 2.32. The lowest BCUT2D eigenvalue weighted by Crippen LogP contribution is -2.39. The van der Waals surface area contributed by atoms with E-state index in [-0.39, 0.29) is 28.4 Å².